The number of fused-ring (bicyclic) bond motifs is 1. The first-order chi connectivity index (χ1) is 7.22. The van der Waals surface area contributed by atoms with E-state index in [1.54, 1.807) is 11.3 Å². The van der Waals surface area contributed by atoms with Crippen LogP contribution in [0.1, 0.15) is 25.8 Å². The molecule has 0 fully saturated rings. The van der Waals surface area contributed by atoms with Gasteiger partial charge in [0.2, 0.25) is 0 Å². The molecule has 15 heavy (non-hydrogen) atoms. The minimum atomic E-state index is -0.108. The Bertz CT molecular complexity index is 469. The summed E-state index contributed by atoms with van der Waals surface area (Å²) >= 11 is 1.56. The molecule has 2 N–H and O–H groups in total. The Kier molecular flexibility index (Phi) is 2.83. The van der Waals surface area contributed by atoms with Crippen molar-refractivity contribution in [2.24, 2.45) is 0 Å². The fraction of sp³-hybridized carbons (Fsp3) is 0.400. The van der Waals surface area contributed by atoms with Gasteiger partial charge in [-0.1, -0.05) is 0 Å². The Morgan fingerprint density at radius 1 is 1.53 bits per heavy atom. The van der Waals surface area contributed by atoms with Crippen molar-refractivity contribution in [3.05, 3.63) is 17.3 Å². The Hall–Kier alpha value is -1.20. The van der Waals surface area contributed by atoms with Gasteiger partial charge in [0.05, 0.1) is 5.39 Å². The zero-order chi connectivity index (χ0) is 10.8. The second-order valence-corrected chi connectivity index (χ2v) is 4.10. The van der Waals surface area contributed by atoms with Crippen LogP contribution in [-0.4, -0.2) is 16.6 Å². The van der Waals surface area contributed by atoms with Crippen LogP contribution < -0.4 is 5.73 Å². The van der Waals surface area contributed by atoms with Crippen molar-refractivity contribution in [2.75, 3.05) is 12.3 Å². The van der Waals surface area contributed by atoms with E-state index in [-0.39, 0.29) is 6.10 Å². The number of anilines is 1. The third-order valence-electron chi connectivity index (χ3n) is 2.15. The van der Waals surface area contributed by atoms with E-state index in [1.807, 2.05) is 25.3 Å². The van der Waals surface area contributed by atoms with Gasteiger partial charge in [0.1, 0.15) is 16.8 Å². The van der Waals surface area contributed by atoms with Crippen LogP contribution in [0, 0.1) is 0 Å². The minimum Gasteiger partial charge on any atom is -0.383 e. The Morgan fingerprint density at radius 3 is 3.07 bits per heavy atom. The second-order valence-electron chi connectivity index (χ2n) is 3.20. The third kappa shape index (κ3) is 1.93. The van der Waals surface area contributed by atoms with Crippen LogP contribution >= 0.6 is 11.3 Å². The summed E-state index contributed by atoms with van der Waals surface area (Å²) in [4.78, 5) is 9.58. The molecule has 2 aromatic heterocycles. The average molecular weight is 223 g/mol. The number of rotatable bonds is 3. The van der Waals surface area contributed by atoms with Crippen LogP contribution in [0.25, 0.3) is 10.2 Å². The van der Waals surface area contributed by atoms with E-state index in [4.69, 9.17) is 10.5 Å². The lowest BCUT2D eigenvalue weighted by molar-refractivity contribution is 0.0704. The smallest absolute Gasteiger partial charge is 0.160 e. The highest BCUT2D eigenvalue weighted by Gasteiger charge is 2.12. The van der Waals surface area contributed by atoms with Gasteiger partial charge in [0.25, 0.3) is 0 Å². The lowest BCUT2D eigenvalue weighted by atomic mass is 10.3. The summed E-state index contributed by atoms with van der Waals surface area (Å²) < 4.78 is 5.43. The summed E-state index contributed by atoms with van der Waals surface area (Å²) in [6, 6.07) is 1.93. The average Bonchev–Trinajstić information content (AvgIpc) is 2.66. The van der Waals surface area contributed by atoms with Crippen LogP contribution in [0.3, 0.4) is 0 Å². The molecule has 0 saturated heterocycles. The summed E-state index contributed by atoms with van der Waals surface area (Å²) in [6.45, 7) is 4.52. The molecule has 0 radical (unpaired) electrons. The normalized spacial score (nSPS) is 13.2. The molecular weight excluding hydrogens is 210 g/mol. The number of nitrogens with two attached hydrogens (primary N) is 1. The molecule has 0 spiro atoms. The van der Waals surface area contributed by atoms with E-state index < -0.39 is 0 Å². The molecule has 0 aliphatic heterocycles. The van der Waals surface area contributed by atoms with Crippen molar-refractivity contribution in [3.63, 3.8) is 0 Å². The maximum Gasteiger partial charge on any atom is 0.160 e. The van der Waals surface area contributed by atoms with Gasteiger partial charge in [-0.25, -0.2) is 9.97 Å². The summed E-state index contributed by atoms with van der Waals surface area (Å²) in [7, 11) is 0. The SMILES string of the molecule is CCOC(C)c1nc(N)c2ccsc2n1. The lowest BCUT2D eigenvalue weighted by Crippen LogP contribution is -2.06. The minimum absolute atomic E-state index is 0.108. The third-order valence-corrected chi connectivity index (χ3v) is 2.96. The quantitative estimate of drug-likeness (QED) is 0.867. The molecule has 0 aliphatic carbocycles. The second kappa shape index (κ2) is 4.12. The van der Waals surface area contributed by atoms with Crippen molar-refractivity contribution in [1.29, 1.82) is 0 Å². The number of hydrogen-bond acceptors (Lipinski definition) is 5. The van der Waals surface area contributed by atoms with E-state index in [9.17, 15) is 0 Å². The Labute approximate surface area is 92.1 Å². The van der Waals surface area contributed by atoms with Crippen molar-refractivity contribution in [2.45, 2.75) is 20.0 Å². The highest BCUT2D eigenvalue weighted by molar-refractivity contribution is 7.16. The molecule has 2 heterocycles. The monoisotopic (exact) mass is 223 g/mol. The topological polar surface area (TPSA) is 61.0 Å². The molecule has 2 rings (SSSR count). The van der Waals surface area contributed by atoms with Gasteiger partial charge in [-0.15, -0.1) is 11.3 Å². The van der Waals surface area contributed by atoms with Crippen LogP contribution in [0.4, 0.5) is 5.82 Å². The molecule has 2 aromatic rings. The van der Waals surface area contributed by atoms with E-state index >= 15 is 0 Å². The maximum atomic E-state index is 5.84. The molecule has 4 nitrogen and oxygen atoms in total. The van der Waals surface area contributed by atoms with Gasteiger partial charge in [0.15, 0.2) is 5.82 Å². The van der Waals surface area contributed by atoms with Gasteiger partial charge in [-0.05, 0) is 25.3 Å². The molecule has 0 aliphatic rings. The molecular formula is C10H13N3OS. The van der Waals surface area contributed by atoms with Gasteiger partial charge >= 0.3 is 0 Å². The van der Waals surface area contributed by atoms with Crippen molar-refractivity contribution >= 4 is 27.4 Å². The largest absolute Gasteiger partial charge is 0.383 e. The summed E-state index contributed by atoms with van der Waals surface area (Å²) in [5.74, 6) is 1.19. The standard InChI is InChI=1S/C10H13N3OS/c1-3-14-6(2)9-12-8(11)7-4-5-15-10(7)13-9/h4-6H,3H2,1-2H3,(H2,11,12,13). The summed E-state index contributed by atoms with van der Waals surface area (Å²) in [6.07, 6.45) is -0.108. The molecule has 0 aromatic carbocycles. The Morgan fingerprint density at radius 2 is 2.33 bits per heavy atom. The molecule has 1 unspecified atom stereocenters. The number of hydrogen-bond donors (Lipinski definition) is 1. The molecule has 5 heteroatoms. The van der Waals surface area contributed by atoms with Crippen molar-refractivity contribution in [3.8, 4) is 0 Å². The van der Waals surface area contributed by atoms with E-state index in [1.165, 1.54) is 0 Å². The molecule has 80 valence electrons. The Balaban J connectivity index is 2.44. The highest BCUT2D eigenvalue weighted by atomic mass is 32.1. The first-order valence-corrected chi connectivity index (χ1v) is 5.72. The maximum absolute atomic E-state index is 5.84. The zero-order valence-electron chi connectivity index (χ0n) is 8.73. The van der Waals surface area contributed by atoms with Gasteiger partial charge in [-0.3, -0.25) is 0 Å². The van der Waals surface area contributed by atoms with Crippen LogP contribution in [0.5, 0.6) is 0 Å². The van der Waals surface area contributed by atoms with E-state index in [0.717, 1.165) is 10.2 Å². The van der Waals surface area contributed by atoms with Crippen molar-refractivity contribution < 1.29 is 4.74 Å². The van der Waals surface area contributed by atoms with Crippen LogP contribution in [0.2, 0.25) is 0 Å². The highest BCUT2D eigenvalue weighted by Crippen LogP contribution is 2.25. The summed E-state index contributed by atoms with van der Waals surface area (Å²) in [5, 5.41) is 2.89. The predicted octanol–water partition coefficient (Wildman–Crippen LogP) is 2.37. The van der Waals surface area contributed by atoms with Gasteiger partial charge in [0, 0.05) is 6.61 Å². The zero-order valence-corrected chi connectivity index (χ0v) is 9.54. The summed E-state index contributed by atoms with van der Waals surface area (Å²) in [5.41, 5.74) is 5.84. The molecule has 0 saturated carbocycles. The van der Waals surface area contributed by atoms with E-state index in [0.29, 0.717) is 18.2 Å². The first-order valence-electron chi connectivity index (χ1n) is 4.84. The number of nitrogen functional groups attached to an aromatic ring is 1. The van der Waals surface area contributed by atoms with Gasteiger partial charge < -0.3 is 10.5 Å². The van der Waals surface area contributed by atoms with E-state index in [2.05, 4.69) is 9.97 Å². The number of thiophene rings is 1. The van der Waals surface area contributed by atoms with Crippen LogP contribution in [-0.2, 0) is 4.74 Å². The first kappa shape index (κ1) is 10.3. The fourth-order valence-electron chi connectivity index (χ4n) is 1.40. The van der Waals surface area contributed by atoms with Gasteiger partial charge in [-0.2, -0.15) is 0 Å². The molecule has 1 atom stereocenters. The fourth-order valence-corrected chi connectivity index (χ4v) is 2.18. The molecule has 0 amide bonds. The number of ether oxygens (including phenoxy) is 1. The number of nitrogens with zero attached hydrogens (tertiary/aromatic N) is 2. The lowest BCUT2D eigenvalue weighted by Gasteiger charge is -2.10. The molecule has 0 bridgehead atoms. The number of aromatic nitrogens is 2. The van der Waals surface area contributed by atoms with Crippen LogP contribution in [0.15, 0.2) is 11.4 Å². The van der Waals surface area contributed by atoms with Crippen molar-refractivity contribution in [1.82, 2.24) is 9.97 Å². The predicted molar refractivity (Wildman–Crippen MR) is 61.9 cm³/mol.